The van der Waals surface area contributed by atoms with E-state index in [2.05, 4.69) is 50.2 Å². The molecule has 0 amide bonds. The van der Waals surface area contributed by atoms with Crippen molar-refractivity contribution in [3.05, 3.63) is 65.7 Å². The summed E-state index contributed by atoms with van der Waals surface area (Å²) in [6.07, 6.45) is 9.89. The standard InChI is InChI=1S/C23H32O/c1-3-5-6-7-8-14-19-23(4-2,20-15-10-9-11-16-20)21-17-12-13-18-22(21)24/h9-13,15-18,24H,3-8,14,19H2,1-2H3. The molecule has 1 N–H and O–H groups in total. The van der Waals surface area contributed by atoms with Gasteiger partial charge in [-0.15, -0.1) is 0 Å². The molecule has 1 nitrogen and oxygen atoms in total. The zero-order chi connectivity index (χ0) is 17.3. The molecule has 0 aromatic heterocycles. The van der Waals surface area contributed by atoms with E-state index in [9.17, 15) is 5.11 Å². The number of phenolic OH excluding ortho intramolecular Hbond substituents is 1. The molecule has 24 heavy (non-hydrogen) atoms. The number of unbranched alkanes of at least 4 members (excludes halogenated alkanes) is 5. The average molecular weight is 325 g/mol. The van der Waals surface area contributed by atoms with Gasteiger partial charge in [0.25, 0.3) is 0 Å². The lowest BCUT2D eigenvalue weighted by atomic mass is 9.69. The van der Waals surface area contributed by atoms with Gasteiger partial charge in [0.2, 0.25) is 0 Å². The first-order chi connectivity index (χ1) is 11.7. The van der Waals surface area contributed by atoms with Crippen LogP contribution in [0.3, 0.4) is 0 Å². The molecule has 1 heteroatoms. The third kappa shape index (κ3) is 4.41. The van der Waals surface area contributed by atoms with E-state index >= 15 is 0 Å². The molecule has 1 unspecified atom stereocenters. The van der Waals surface area contributed by atoms with Crippen molar-refractivity contribution in [3.63, 3.8) is 0 Å². The maximum Gasteiger partial charge on any atom is 0.119 e. The number of benzene rings is 2. The highest BCUT2D eigenvalue weighted by molar-refractivity contribution is 5.46. The van der Waals surface area contributed by atoms with Crippen LogP contribution in [0, 0.1) is 0 Å². The Morgan fingerprint density at radius 2 is 1.38 bits per heavy atom. The summed E-state index contributed by atoms with van der Waals surface area (Å²) >= 11 is 0. The summed E-state index contributed by atoms with van der Waals surface area (Å²) < 4.78 is 0. The van der Waals surface area contributed by atoms with Crippen LogP contribution >= 0.6 is 0 Å². The van der Waals surface area contributed by atoms with Crippen LogP contribution in [0.25, 0.3) is 0 Å². The molecule has 0 aliphatic carbocycles. The smallest absolute Gasteiger partial charge is 0.119 e. The minimum atomic E-state index is -0.0860. The number of hydrogen-bond donors (Lipinski definition) is 1. The highest BCUT2D eigenvalue weighted by Crippen LogP contribution is 2.43. The number of hydrogen-bond acceptors (Lipinski definition) is 1. The van der Waals surface area contributed by atoms with Crippen LogP contribution in [0.4, 0.5) is 0 Å². The molecule has 2 rings (SSSR count). The van der Waals surface area contributed by atoms with E-state index in [1.54, 1.807) is 0 Å². The first kappa shape index (κ1) is 18.6. The Hall–Kier alpha value is -1.76. The summed E-state index contributed by atoms with van der Waals surface area (Å²) in [7, 11) is 0. The first-order valence-electron chi connectivity index (χ1n) is 9.58. The highest BCUT2D eigenvalue weighted by Gasteiger charge is 2.33. The Balaban J connectivity index is 2.23. The van der Waals surface area contributed by atoms with Gasteiger partial charge in [0.05, 0.1) is 0 Å². The van der Waals surface area contributed by atoms with Gasteiger partial charge in [0, 0.05) is 11.0 Å². The number of aromatic hydroxyl groups is 1. The number of para-hydroxylation sites is 1. The fourth-order valence-electron chi connectivity index (χ4n) is 3.85. The molecule has 0 heterocycles. The molecule has 1 atom stereocenters. The van der Waals surface area contributed by atoms with Gasteiger partial charge < -0.3 is 5.11 Å². The fourth-order valence-corrected chi connectivity index (χ4v) is 3.85. The fraction of sp³-hybridized carbons (Fsp3) is 0.478. The lowest BCUT2D eigenvalue weighted by molar-refractivity contribution is 0.394. The lowest BCUT2D eigenvalue weighted by Gasteiger charge is -2.35. The molecule has 0 aliphatic heterocycles. The second-order valence-corrected chi connectivity index (χ2v) is 6.84. The van der Waals surface area contributed by atoms with Gasteiger partial charge in [-0.2, -0.15) is 0 Å². The van der Waals surface area contributed by atoms with Crippen molar-refractivity contribution in [2.24, 2.45) is 0 Å². The van der Waals surface area contributed by atoms with E-state index in [1.165, 1.54) is 44.1 Å². The predicted molar refractivity (Wildman–Crippen MR) is 104 cm³/mol. The van der Waals surface area contributed by atoms with Gasteiger partial charge in [-0.05, 0) is 24.5 Å². The van der Waals surface area contributed by atoms with Gasteiger partial charge in [0.15, 0.2) is 0 Å². The molecule has 0 fully saturated rings. The largest absolute Gasteiger partial charge is 0.508 e. The molecule has 0 spiro atoms. The lowest BCUT2D eigenvalue weighted by Crippen LogP contribution is -2.27. The van der Waals surface area contributed by atoms with Crippen LogP contribution < -0.4 is 0 Å². The van der Waals surface area contributed by atoms with Crippen LogP contribution in [0.1, 0.15) is 76.3 Å². The van der Waals surface area contributed by atoms with Crippen molar-refractivity contribution >= 4 is 0 Å². The monoisotopic (exact) mass is 324 g/mol. The van der Waals surface area contributed by atoms with Gasteiger partial charge in [-0.25, -0.2) is 0 Å². The SMILES string of the molecule is CCCCCCCCC(CC)(c1ccccc1)c1ccccc1O. The quantitative estimate of drug-likeness (QED) is 0.474. The van der Waals surface area contributed by atoms with Crippen LogP contribution in [-0.2, 0) is 5.41 Å². The molecule has 0 aliphatic rings. The second-order valence-electron chi connectivity index (χ2n) is 6.84. The molecule has 0 saturated heterocycles. The molecule has 2 aromatic rings. The van der Waals surface area contributed by atoms with Gasteiger partial charge in [-0.1, -0.05) is 101 Å². The summed E-state index contributed by atoms with van der Waals surface area (Å²) in [5.41, 5.74) is 2.31. The van der Waals surface area contributed by atoms with Crippen molar-refractivity contribution in [2.45, 2.75) is 70.6 Å². The summed E-state index contributed by atoms with van der Waals surface area (Å²) in [6.45, 7) is 4.51. The Labute approximate surface area is 147 Å². The van der Waals surface area contributed by atoms with Gasteiger partial charge >= 0.3 is 0 Å². The maximum absolute atomic E-state index is 10.5. The Morgan fingerprint density at radius 1 is 0.750 bits per heavy atom. The van der Waals surface area contributed by atoms with E-state index in [1.807, 2.05) is 18.2 Å². The van der Waals surface area contributed by atoms with E-state index in [4.69, 9.17) is 0 Å². The summed E-state index contributed by atoms with van der Waals surface area (Å²) in [5, 5.41) is 10.5. The third-order valence-electron chi connectivity index (χ3n) is 5.31. The van der Waals surface area contributed by atoms with Crippen LogP contribution in [-0.4, -0.2) is 5.11 Å². The molecular weight excluding hydrogens is 292 g/mol. The van der Waals surface area contributed by atoms with Gasteiger partial charge in [0.1, 0.15) is 5.75 Å². The van der Waals surface area contributed by atoms with Gasteiger partial charge in [-0.3, -0.25) is 0 Å². The average Bonchev–Trinajstić information content (AvgIpc) is 2.63. The van der Waals surface area contributed by atoms with Crippen LogP contribution in [0.2, 0.25) is 0 Å². The third-order valence-corrected chi connectivity index (χ3v) is 5.31. The molecule has 2 aromatic carbocycles. The Bertz CT molecular complexity index is 590. The second kappa shape index (κ2) is 9.52. The predicted octanol–water partition coefficient (Wildman–Crippen LogP) is 6.84. The Morgan fingerprint density at radius 3 is 2.04 bits per heavy atom. The molecule has 0 radical (unpaired) electrons. The summed E-state index contributed by atoms with van der Waals surface area (Å²) in [6, 6.07) is 18.6. The van der Waals surface area contributed by atoms with Crippen molar-refractivity contribution in [1.82, 2.24) is 0 Å². The zero-order valence-corrected chi connectivity index (χ0v) is 15.3. The summed E-state index contributed by atoms with van der Waals surface area (Å²) in [4.78, 5) is 0. The number of rotatable bonds is 10. The molecule has 0 bridgehead atoms. The first-order valence-corrected chi connectivity index (χ1v) is 9.58. The van der Waals surface area contributed by atoms with E-state index in [-0.39, 0.29) is 5.41 Å². The maximum atomic E-state index is 10.5. The summed E-state index contributed by atoms with van der Waals surface area (Å²) in [5.74, 6) is 0.425. The zero-order valence-electron chi connectivity index (χ0n) is 15.3. The van der Waals surface area contributed by atoms with E-state index in [0.29, 0.717) is 5.75 Å². The van der Waals surface area contributed by atoms with E-state index < -0.39 is 0 Å². The van der Waals surface area contributed by atoms with Crippen LogP contribution in [0.15, 0.2) is 54.6 Å². The number of phenols is 1. The van der Waals surface area contributed by atoms with Crippen LogP contribution in [0.5, 0.6) is 5.75 Å². The normalized spacial score (nSPS) is 13.6. The topological polar surface area (TPSA) is 20.2 Å². The highest BCUT2D eigenvalue weighted by atomic mass is 16.3. The molecule has 130 valence electrons. The van der Waals surface area contributed by atoms with Crippen molar-refractivity contribution < 1.29 is 5.11 Å². The van der Waals surface area contributed by atoms with Crippen molar-refractivity contribution in [2.75, 3.05) is 0 Å². The van der Waals surface area contributed by atoms with E-state index in [0.717, 1.165) is 18.4 Å². The minimum Gasteiger partial charge on any atom is -0.508 e. The Kier molecular flexibility index (Phi) is 7.36. The minimum absolute atomic E-state index is 0.0860. The van der Waals surface area contributed by atoms with Crippen molar-refractivity contribution in [1.29, 1.82) is 0 Å². The molecular formula is C23H32O. The van der Waals surface area contributed by atoms with Crippen molar-refractivity contribution in [3.8, 4) is 5.75 Å². The molecule has 0 saturated carbocycles.